The first-order valence-corrected chi connectivity index (χ1v) is 18.7. The predicted molar refractivity (Wildman–Crippen MR) is 229 cm³/mol. The Morgan fingerprint density at radius 1 is 0.327 bits per heavy atom. The fourth-order valence-electron chi connectivity index (χ4n) is 8.29. The number of aromatic nitrogens is 2. The second kappa shape index (κ2) is 12.6. The smallest absolute Gasteiger partial charge is 0.161 e. The zero-order chi connectivity index (χ0) is 36.3. The molecule has 256 valence electrons. The highest BCUT2D eigenvalue weighted by Gasteiger charge is 2.19. The van der Waals surface area contributed by atoms with Gasteiger partial charge in [-0.25, -0.2) is 9.97 Å². The van der Waals surface area contributed by atoms with Crippen molar-refractivity contribution in [2.24, 2.45) is 0 Å². The van der Waals surface area contributed by atoms with Crippen molar-refractivity contribution in [3.05, 3.63) is 194 Å². The maximum Gasteiger partial charge on any atom is 0.161 e. The number of hydrogen-bond acceptors (Lipinski definition) is 3. The van der Waals surface area contributed by atoms with Gasteiger partial charge in [0.15, 0.2) is 5.82 Å². The van der Waals surface area contributed by atoms with Crippen LogP contribution < -0.4 is 0 Å². The van der Waals surface area contributed by atoms with Crippen molar-refractivity contribution in [3.63, 3.8) is 0 Å². The summed E-state index contributed by atoms with van der Waals surface area (Å²) in [5.41, 5.74) is 11.3. The van der Waals surface area contributed by atoms with E-state index in [1.54, 1.807) is 0 Å². The Bertz CT molecular complexity index is 3140. The highest BCUT2D eigenvalue weighted by Crippen LogP contribution is 2.43. The van der Waals surface area contributed by atoms with Crippen LogP contribution >= 0.6 is 0 Å². The third-order valence-electron chi connectivity index (χ3n) is 10.9. The Hall–Kier alpha value is -7.36. The van der Waals surface area contributed by atoms with Crippen molar-refractivity contribution >= 4 is 54.3 Å². The van der Waals surface area contributed by atoms with Gasteiger partial charge in [0.2, 0.25) is 0 Å². The number of hydrogen-bond donors (Lipinski definition) is 0. The van der Waals surface area contributed by atoms with E-state index in [2.05, 4.69) is 194 Å². The molecule has 3 heteroatoms. The molecule has 55 heavy (non-hydrogen) atoms. The lowest BCUT2D eigenvalue weighted by atomic mass is 9.93. The van der Waals surface area contributed by atoms with Gasteiger partial charge in [-0.05, 0) is 67.4 Å². The van der Waals surface area contributed by atoms with Gasteiger partial charge < -0.3 is 4.42 Å². The molecular formula is C52H32N2O. The minimum Gasteiger partial charge on any atom is -0.455 e. The van der Waals surface area contributed by atoms with Gasteiger partial charge >= 0.3 is 0 Å². The van der Waals surface area contributed by atoms with E-state index in [0.717, 1.165) is 82.7 Å². The summed E-state index contributed by atoms with van der Waals surface area (Å²) in [4.78, 5) is 10.5. The second-order valence-corrected chi connectivity index (χ2v) is 14.1. The van der Waals surface area contributed by atoms with Crippen molar-refractivity contribution in [1.29, 1.82) is 0 Å². The van der Waals surface area contributed by atoms with E-state index in [1.807, 2.05) is 0 Å². The molecule has 0 fully saturated rings. The first-order valence-electron chi connectivity index (χ1n) is 18.7. The standard InChI is InChI=1S/C52H32N2O/c1-2-13-35(14-3-1)40-23-12-26-49-50(40)46-31-45(41-21-8-9-22-43(41)51(46)55-49)36-27-29-37(30-28-36)47-32-48(42-24-10-17-33-15-4-6-19-38(33)42)54-52(53-47)44-25-11-18-34-16-5-7-20-39(34)44/h1-32H. The lowest BCUT2D eigenvalue weighted by Gasteiger charge is -2.13. The lowest BCUT2D eigenvalue weighted by Crippen LogP contribution is -1.97. The fourth-order valence-corrected chi connectivity index (χ4v) is 8.29. The second-order valence-electron chi connectivity index (χ2n) is 14.1. The Morgan fingerprint density at radius 3 is 1.64 bits per heavy atom. The van der Waals surface area contributed by atoms with Gasteiger partial charge in [0.05, 0.1) is 11.4 Å². The van der Waals surface area contributed by atoms with E-state index in [0.29, 0.717) is 5.82 Å². The third kappa shape index (κ3) is 5.20. The zero-order valence-electron chi connectivity index (χ0n) is 29.8. The molecule has 2 aromatic heterocycles. The van der Waals surface area contributed by atoms with Crippen LogP contribution in [0.25, 0.3) is 110 Å². The van der Waals surface area contributed by atoms with Gasteiger partial charge in [-0.15, -0.1) is 0 Å². The number of furan rings is 1. The molecule has 11 aromatic rings. The van der Waals surface area contributed by atoms with Gasteiger partial charge in [0, 0.05) is 32.8 Å². The number of rotatable bonds is 5. The molecule has 0 saturated heterocycles. The summed E-state index contributed by atoms with van der Waals surface area (Å²) in [5, 5.41) is 9.14. The molecule has 0 radical (unpaired) electrons. The fraction of sp³-hybridized carbons (Fsp3) is 0. The molecule has 0 atom stereocenters. The molecule has 9 aromatic carbocycles. The molecule has 2 heterocycles. The van der Waals surface area contributed by atoms with Gasteiger partial charge in [-0.3, -0.25) is 0 Å². The van der Waals surface area contributed by atoms with Crippen molar-refractivity contribution < 1.29 is 4.42 Å². The van der Waals surface area contributed by atoms with Gasteiger partial charge in [0.25, 0.3) is 0 Å². The molecule has 11 rings (SSSR count). The summed E-state index contributed by atoms with van der Waals surface area (Å²) >= 11 is 0. The van der Waals surface area contributed by atoms with E-state index >= 15 is 0 Å². The largest absolute Gasteiger partial charge is 0.455 e. The van der Waals surface area contributed by atoms with Gasteiger partial charge in [-0.1, -0.05) is 176 Å². The number of nitrogens with zero attached hydrogens (tertiary/aromatic N) is 2. The average Bonchev–Trinajstić information content (AvgIpc) is 3.65. The maximum absolute atomic E-state index is 6.63. The van der Waals surface area contributed by atoms with Crippen LogP contribution in [0.1, 0.15) is 0 Å². The monoisotopic (exact) mass is 700 g/mol. The molecular weight excluding hydrogens is 669 g/mol. The molecule has 0 bridgehead atoms. The lowest BCUT2D eigenvalue weighted by molar-refractivity contribution is 0.673. The van der Waals surface area contributed by atoms with Crippen LogP contribution in [-0.2, 0) is 0 Å². The molecule has 0 aliphatic heterocycles. The predicted octanol–water partition coefficient (Wildman–Crippen LogP) is 14.2. The summed E-state index contributed by atoms with van der Waals surface area (Å²) in [7, 11) is 0. The quantitative estimate of drug-likeness (QED) is 0.179. The maximum atomic E-state index is 6.63. The highest BCUT2D eigenvalue weighted by molar-refractivity contribution is 6.22. The Labute approximate surface area is 317 Å². The van der Waals surface area contributed by atoms with Crippen LogP contribution in [-0.4, -0.2) is 9.97 Å². The first-order chi connectivity index (χ1) is 27.3. The summed E-state index contributed by atoms with van der Waals surface area (Å²) in [6, 6.07) is 68.5. The van der Waals surface area contributed by atoms with Crippen LogP contribution in [0.5, 0.6) is 0 Å². The molecule has 0 aliphatic carbocycles. The Balaban J connectivity index is 1.09. The van der Waals surface area contributed by atoms with Crippen LogP contribution in [0.2, 0.25) is 0 Å². The molecule has 0 saturated carbocycles. The summed E-state index contributed by atoms with van der Waals surface area (Å²) < 4.78 is 6.63. The van der Waals surface area contributed by atoms with E-state index in [9.17, 15) is 0 Å². The summed E-state index contributed by atoms with van der Waals surface area (Å²) in [6.45, 7) is 0. The normalized spacial score (nSPS) is 11.6. The zero-order valence-corrected chi connectivity index (χ0v) is 29.8. The minimum absolute atomic E-state index is 0.707. The van der Waals surface area contributed by atoms with Gasteiger partial charge in [0.1, 0.15) is 11.2 Å². The van der Waals surface area contributed by atoms with E-state index in [1.165, 1.54) is 21.9 Å². The van der Waals surface area contributed by atoms with Crippen molar-refractivity contribution in [1.82, 2.24) is 9.97 Å². The molecule has 0 unspecified atom stereocenters. The Morgan fingerprint density at radius 2 is 0.873 bits per heavy atom. The van der Waals surface area contributed by atoms with E-state index < -0.39 is 0 Å². The van der Waals surface area contributed by atoms with Crippen molar-refractivity contribution in [2.75, 3.05) is 0 Å². The summed E-state index contributed by atoms with van der Waals surface area (Å²) in [5.74, 6) is 0.707. The molecule has 3 nitrogen and oxygen atoms in total. The van der Waals surface area contributed by atoms with Crippen LogP contribution in [0, 0.1) is 0 Å². The number of fused-ring (bicyclic) bond motifs is 7. The van der Waals surface area contributed by atoms with E-state index in [4.69, 9.17) is 14.4 Å². The molecule has 0 aliphatic rings. The van der Waals surface area contributed by atoms with Crippen molar-refractivity contribution in [3.8, 4) is 56.2 Å². The third-order valence-corrected chi connectivity index (χ3v) is 10.9. The van der Waals surface area contributed by atoms with E-state index in [-0.39, 0.29) is 0 Å². The van der Waals surface area contributed by atoms with Crippen LogP contribution in [0.3, 0.4) is 0 Å². The number of benzene rings is 9. The molecule has 0 amide bonds. The average molecular weight is 701 g/mol. The Kier molecular flexibility index (Phi) is 7.17. The van der Waals surface area contributed by atoms with Gasteiger partial charge in [-0.2, -0.15) is 0 Å². The first kappa shape index (κ1) is 31.2. The highest BCUT2D eigenvalue weighted by atomic mass is 16.3. The minimum atomic E-state index is 0.707. The molecule has 0 spiro atoms. The van der Waals surface area contributed by atoms with Crippen molar-refractivity contribution in [2.45, 2.75) is 0 Å². The van der Waals surface area contributed by atoms with Crippen LogP contribution in [0.15, 0.2) is 199 Å². The summed E-state index contributed by atoms with van der Waals surface area (Å²) in [6.07, 6.45) is 0. The topological polar surface area (TPSA) is 38.9 Å². The SMILES string of the molecule is c1ccc(-c2cccc3oc4c5ccccc5c(-c5ccc(-c6cc(-c7cccc8ccccc78)nc(-c7cccc8ccccc78)n6)cc5)cc4c23)cc1. The molecule has 0 N–H and O–H groups in total. The van der Waals surface area contributed by atoms with Crippen LogP contribution in [0.4, 0.5) is 0 Å².